The molecule has 1 heterocycles. The number of para-hydroxylation sites is 1. The lowest BCUT2D eigenvalue weighted by Gasteiger charge is -2.18. The van der Waals surface area contributed by atoms with Gasteiger partial charge >= 0.3 is 0 Å². The first-order valence-corrected chi connectivity index (χ1v) is 10.6. The molecule has 3 rings (SSSR count). The number of methoxy groups -OCH3 is 1. The van der Waals surface area contributed by atoms with Gasteiger partial charge in [0, 0.05) is 24.5 Å². The Kier molecular flexibility index (Phi) is 7.68. The molecule has 0 saturated heterocycles. The molecule has 7 heteroatoms. The van der Waals surface area contributed by atoms with Gasteiger partial charge in [0.25, 0.3) is 5.91 Å². The minimum absolute atomic E-state index is 0.0738. The monoisotopic (exact) mass is 426 g/mol. The molecule has 1 aromatic heterocycles. The number of amides is 1. The van der Waals surface area contributed by atoms with Crippen LogP contribution in [-0.2, 0) is 6.61 Å². The second-order valence-electron chi connectivity index (χ2n) is 6.83. The highest BCUT2D eigenvalue weighted by Gasteiger charge is 2.15. The number of aromatic nitrogens is 1. The van der Waals surface area contributed by atoms with Crippen molar-refractivity contribution in [3.63, 3.8) is 0 Å². The summed E-state index contributed by atoms with van der Waals surface area (Å²) in [5.74, 6) is 1.91. The average Bonchev–Trinajstić information content (AvgIpc) is 3.29. The number of ether oxygens (including phenoxy) is 3. The number of aryl methyl sites for hydroxylation is 1. The van der Waals surface area contributed by atoms with Crippen LogP contribution in [0.2, 0.25) is 0 Å². The smallest absolute Gasteiger partial charge is 0.253 e. The molecule has 0 aliphatic rings. The summed E-state index contributed by atoms with van der Waals surface area (Å²) in [6, 6.07) is 13.1. The van der Waals surface area contributed by atoms with Gasteiger partial charge in [-0.25, -0.2) is 4.98 Å². The van der Waals surface area contributed by atoms with Gasteiger partial charge in [0.1, 0.15) is 12.4 Å². The summed E-state index contributed by atoms with van der Waals surface area (Å²) in [6.45, 7) is 3.51. The molecule has 0 atom stereocenters. The highest BCUT2D eigenvalue weighted by Crippen LogP contribution is 2.29. The van der Waals surface area contributed by atoms with E-state index in [0.29, 0.717) is 36.8 Å². The van der Waals surface area contributed by atoms with Gasteiger partial charge in [0.15, 0.2) is 11.5 Å². The fraction of sp³-hybridized carbons (Fsp3) is 0.304. The number of rotatable bonds is 10. The third-order valence-electron chi connectivity index (χ3n) is 4.61. The van der Waals surface area contributed by atoms with Crippen LogP contribution in [0.3, 0.4) is 0 Å². The van der Waals surface area contributed by atoms with Crippen molar-refractivity contribution in [2.75, 3.05) is 27.3 Å². The Morgan fingerprint density at radius 1 is 1.10 bits per heavy atom. The van der Waals surface area contributed by atoms with Gasteiger partial charge in [-0.3, -0.25) is 4.79 Å². The fourth-order valence-corrected chi connectivity index (χ4v) is 3.45. The van der Waals surface area contributed by atoms with E-state index in [9.17, 15) is 4.79 Å². The molecule has 6 nitrogen and oxygen atoms in total. The van der Waals surface area contributed by atoms with Crippen LogP contribution in [0.1, 0.15) is 28.0 Å². The minimum atomic E-state index is -0.0738. The summed E-state index contributed by atoms with van der Waals surface area (Å²) in [6.07, 6.45) is 0.739. The van der Waals surface area contributed by atoms with Crippen molar-refractivity contribution in [1.29, 1.82) is 0 Å². The van der Waals surface area contributed by atoms with Gasteiger partial charge in [-0.2, -0.15) is 0 Å². The largest absolute Gasteiger partial charge is 0.493 e. The third-order valence-corrected chi connectivity index (χ3v) is 5.24. The van der Waals surface area contributed by atoms with Gasteiger partial charge in [0.05, 0.1) is 24.9 Å². The van der Waals surface area contributed by atoms with E-state index in [-0.39, 0.29) is 5.91 Å². The van der Waals surface area contributed by atoms with Gasteiger partial charge in [0.2, 0.25) is 0 Å². The van der Waals surface area contributed by atoms with Crippen LogP contribution >= 0.6 is 11.3 Å². The topological polar surface area (TPSA) is 60.9 Å². The van der Waals surface area contributed by atoms with Crippen molar-refractivity contribution in [3.05, 3.63) is 70.2 Å². The van der Waals surface area contributed by atoms with Crippen molar-refractivity contribution in [3.8, 4) is 17.2 Å². The van der Waals surface area contributed by atoms with Crippen LogP contribution in [0, 0.1) is 6.92 Å². The Hall–Kier alpha value is -3.06. The normalized spacial score (nSPS) is 10.5. The van der Waals surface area contributed by atoms with E-state index < -0.39 is 0 Å². The zero-order chi connectivity index (χ0) is 21.3. The summed E-state index contributed by atoms with van der Waals surface area (Å²) >= 11 is 1.52. The molecule has 1 amide bonds. The first-order valence-electron chi connectivity index (χ1n) is 9.70. The molecule has 0 N–H and O–H groups in total. The summed E-state index contributed by atoms with van der Waals surface area (Å²) < 4.78 is 17.0. The second kappa shape index (κ2) is 10.6. The Morgan fingerprint density at radius 3 is 2.67 bits per heavy atom. The minimum Gasteiger partial charge on any atom is -0.493 e. The summed E-state index contributed by atoms with van der Waals surface area (Å²) in [5.41, 5.74) is 4.27. The predicted octanol–water partition coefficient (Wildman–Crippen LogP) is 4.58. The van der Waals surface area contributed by atoms with Crippen molar-refractivity contribution in [1.82, 2.24) is 9.88 Å². The van der Waals surface area contributed by atoms with Crippen LogP contribution in [-0.4, -0.2) is 43.1 Å². The highest BCUT2D eigenvalue weighted by atomic mass is 32.1. The Balaban J connectivity index is 1.52. The maximum Gasteiger partial charge on any atom is 0.253 e. The van der Waals surface area contributed by atoms with E-state index in [0.717, 1.165) is 23.4 Å². The van der Waals surface area contributed by atoms with E-state index in [1.54, 1.807) is 42.8 Å². The van der Waals surface area contributed by atoms with Crippen LogP contribution in [0.4, 0.5) is 0 Å². The van der Waals surface area contributed by atoms with E-state index >= 15 is 0 Å². The molecular formula is C23H26N2O4S. The van der Waals surface area contributed by atoms with Crippen molar-refractivity contribution in [2.24, 2.45) is 0 Å². The Bertz CT molecular complexity index is 960. The summed E-state index contributed by atoms with van der Waals surface area (Å²) in [7, 11) is 3.35. The summed E-state index contributed by atoms with van der Waals surface area (Å²) in [5, 5.41) is 1.93. The van der Waals surface area contributed by atoms with E-state index in [1.165, 1.54) is 11.3 Å². The van der Waals surface area contributed by atoms with Crippen LogP contribution in [0.15, 0.2) is 53.4 Å². The number of carbonyl (C=O) groups excluding carboxylic acids is 1. The van der Waals surface area contributed by atoms with Crippen molar-refractivity contribution in [2.45, 2.75) is 20.0 Å². The molecule has 0 aliphatic carbocycles. The zero-order valence-corrected chi connectivity index (χ0v) is 18.3. The zero-order valence-electron chi connectivity index (χ0n) is 17.5. The standard InChI is InChI=1S/C23H26N2O4S/c1-17-7-4-5-8-20(17)28-12-6-11-25(2)23(26)18-9-10-21(22(13-18)27-3)29-14-19-15-30-16-24-19/h4-5,7-10,13,15-16H,6,11-12,14H2,1-3H3. The second-order valence-corrected chi connectivity index (χ2v) is 7.55. The number of hydrogen-bond donors (Lipinski definition) is 0. The maximum absolute atomic E-state index is 12.8. The van der Waals surface area contributed by atoms with Crippen molar-refractivity contribution >= 4 is 17.2 Å². The van der Waals surface area contributed by atoms with Gasteiger partial charge in [-0.15, -0.1) is 11.3 Å². The molecule has 0 radical (unpaired) electrons. The molecule has 0 spiro atoms. The van der Waals surface area contributed by atoms with Gasteiger partial charge < -0.3 is 19.1 Å². The number of benzene rings is 2. The molecule has 2 aromatic carbocycles. The van der Waals surface area contributed by atoms with E-state index in [1.807, 2.05) is 36.6 Å². The van der Waals surface area contributed by atoms with E-state index in [4.69, 9.17) is 14.2 Å². The lowest BCUT2D eigenvalue weighted by Crippen LogP contribution is -2.28. The number of thiazole rings is 1. The van der Waals surface area contributed by atoms with Crippen LogP contribution in [0.25, 0.3) is 0 Å². The molecule has 3 aromatic rings. The predicted molar refractivity (Wildman–Crippen MR) is 118 cm³/mol. The molecule has 0 bridgehead atoms. The molecule has 30 heavy (non-hydrogen) atoms. The lowest BCUT2D eigenvalue weighted by molar-refractivity contribution is 0.0787. The van der Waals surface area contributed by atoms with Crippen LogP contribution in [0.5, 0.6) is 17.2 Å². The van der Waals surface area contributed by atoms with Gasteiger partial charge in [-0.05, 0) is 43.2 Å². The van der Waals surface area contributed by atoms with Gasteiger partial charge in [-0.1, -0.05) is 18.2 Å². The lowest BCUT2D eigenvalue weighted by atomic mass is 10.1. The number of carbonyl (C=O) groups is 1. The maximum atomic E-state index is 12.8. The summed E-state index contributed by atoms with van der Waals surface area (Å²) in [4.78, 5) is 18.7. The fourth-order valence-electron chi connectivity index (χ4n) is 2.90. The number of hydrogen-bond acceptors (Lipinski definition) is 6. The SMILES string of the molecule is COc1cc(C(=O)N(C)CCCOc2ccccc2C)ccc1OCc1cscn1. The molecular weight excluding hydrogens is 400 g/mol. The molecule has 0 unspecified atom stereocenters. The Labute approximate surface area is 181 Å². The van der Waals surface area contributed by atoms with E-state index in [2.05, 4.69) is 4.98 Å². The highest BCUT2D eigenvalue weighted by molar-refractivity contribution is 7.07. The number of nitrogens with zero attached hydrogens (tertiary/aromatic N) is 2. The Morgan fingerprint density at radius 2 is 1.93 bits per heavy atom. The first-order chi connectivity index (χ1) is 14.6. The van der Waals surface area contributed by atoms with Crippen molar-refractivity contribution < 1.29 is 19.0 Å². The molecule has 0 aliphatic heterocycles. The first kappa shape index (κ1) is 21.6. The molecule has 0 fully saturated rings. The molecule has 0 saturated carbocycles. The quantitative estimate of drug-likeness (QED) is 0.444. The molecule has 158 valence electrons. The third kappa shape index (κ3) is 5.73. The van der Waals surface area contributed by atoms with Crippen LogP contribution < -0.4 is 14.2 Å². The average molecular weight is 427 g/mol.